The monoisotopic (exact) mass is 357 g/mol. The summed E-state index contributed by atoms with van der Waals surface area (Å²) in [5, 5.41) is 25.3. The highest BCUT2D eigenvalue weighted by Gasteiger charge is 2.15. The third kappa shape index (κ3) is 3.06. The SMILES string of the molecule is O=C(O)c1ccc2cc(O)c(C(=O)Nc3cccc4ccccc34)cc2c1. The van der Waals surface area contributed by atoms with Crippen LogP contribution in [0.4, 0.5) is 5.69 Å². The summed E-state index contributed by atoms with van der Waals surface area (Å²) in [6, 6.07) is 20.7. The van der Waals surface area contributed by atoms with E-state index in [1.165, 1.54) is 24.3 Å². The molecule has 0 saturated heterocycles. The number of carbonyl (C=O) groups excluding carboxylic acids is 1. The lowest BCUT2D eigenvalue weighted by Gasteiger charge is -2.11. The lowest BCUT2D eigenvalue weighted by atomic mass is 10.0. The standard InChI is InChI=1S/C22H15NO4/c24-20-12-14-8-9-15(22(26)27)10-16(14)11-18(20)21(25)23-19-7-3-5-13-4-1-2-6-17(13)19/h1-12,24H,(H,23,25)(H,26,27). The summed E-state index contributed by atoms with van der Waals surface area (Å²) >= 11 is 0. The molecule has 0 radical (unpaired) electrons. The van der Waals surface area contributed by atoms with Crippen molar-refractivity contribution < 1.29 is 19.8 Å². The molecule has 0 spiro atoms. The number of hydrogen-bond donors (Lipinski definition) is 3. The predicted molar refractivity (Wildman–Crippen MR) is 104 cm³/mol. The van der Waals surface area contributed by atoms with Crippen LogP contribution in [-0.4, -0.2) is 22.1 Å². The fourth-order valence-electron chi connectivity index (χ4n) is 3.12. The van der Waals surface area contributed by atoms with Crippen molar-refractivity contribution in [3.63, 3.8) is 0 Å². The first-order valence-corrected chi connectivity index (χ1v) is 8.32. The van der Waals surface area contributed by atoms with E-state index in [1.54, 1.807) is 12.1 Å². The van der Waals surface area contributed by atoms with Gasteiger partial charge in [0.25, 0.3) is 5.91 Å². The van der Waals surface area contributed by atoms with E-state index < -0.39 is 11.9 Å². The topological polar surface area (TPSA) is 86.6 Å². The number of carboxylic acid groups (broad SMARTS) is 1. The molecule has 0 unspecified atom stereocenters. The van der Waals surface area contributed by atoms with Gasteiger partial charge in [-0.3, -0.25) is 4.79 Å². The van der Waals surface area contributed by atoms with Crippen molar-refractivity contribution in [1.82, 2.24) is 0 Å². The number of amides is 1. The molecule has 0 atom stereocenters. The molecule has 0 aliphatic rings. The van der Waals surface area contributed by atoms with Crippen LogP contribution in [-0.2, 0) is 0 Å². The van der Waals surface area contributed by atoms with Gasteiger partial charge in [-0.15, -0.1) is 0 Å². The van der Waals surface area contributed by atoms with Gasteiger partial charge in [-0.1, -0.05) is 42.5 Å². The third-order valence-corrected chi connectivity index (χ3v) is 4.48. The average Bonchev–Trinajstić information content (AvgIpc) is 2.67. The number of carbonyl (C=O) groups is 2. The van der Waals surface area contributed by atoms with Crippen LogP contribution in [0.3, 0.4) is 0 Å². The van der Waals surface area contributed by atoms with E-state index in [9.17, 15) is 14.7 Å². The molecule has 0 fully saturated rings. The van der Waals surface area contributed by atoms with Crippen molar-refractivity contribution in [3.8, 4) is 5.75 Å². The molecule has 27 heavy (non-hydrogen) atoms. The van der Waals surface area contributed by atoms with Gasteiger partial charge >= 0.3 is 5.97 Å². The number of phenols is 1. The minimum Gasteiger partial charge on any atom is -0.507 e. The highest BCUT2D eigenvalue weighted by Crippen LogP contribution is 2.28. The first kappa shape index (κ1) is 16.6. The van der Waals surface area contributed by atoms with Crippen molar-refractivity contribution >= 4 is 39.1 Å². The molecule has 0 saturated carbocycles. The van der Waals surface area contributed by atoms with Crippen LogP contribution in [0.2, 0.25) is 0 Å². The predicted octanol–water partition coefficient (Wildman–Crippen LogP) is 4.65. The number of carboxylic acids is 1. The number of fused-ring (bicyclic) bond motifs is 2. The van der Waals surface area contributed by atoms with Crippen LogP contribution in [0.25, 0.3) is 21.5 Å². The summed E-state index contributed by atoms with van der Waals surface area (Å²) in [5.74, 6) is -1.68. The molecule has 0 bridgehead atoms. The van der Waals surface area contributed by atoms with E-state index in [0.717, 1.165) is 10.8 Å². The fourth-order valence-corrected chi connectivity index (χ4v) is 3.12. The molecular formula is C22H15NO4. The minimum atomic E-state index is -1.05. The Balaban J connectivity index is 1.75. The number of nitrogens with one attached hydrogen (secondary N) is 1. The smallest absolute Gasteiger partial charge is 0.335 e. The van der Waals surface area contributed by atoms with Gasteiger partial charge in [0.05, 0.1) is 11.1 Å². The van der Waals surface area contributed by atoms with Crippen LogP contribution < -0.4 is 5.32 Å². The molecule has 132 valence electrons. The second-order valence-corrected chi connectivity index (χ2v) is 6.22. The van der Waals surface area contributed by atoms with E-state index in [0.29, 0.717) is 16.5 Å². The van der Waals surface area contributed by atoms with E-state index >= 15 is 0 Å². The lowest BCUT2D eigenvalue weighted by Crippen LogP contribution is -2.12. The number of aromatic carboxylic acids is 1. The summed E-state index contributed by atoms with van der Waals surface area (Å²) in [5.41, 5.74) is 0.837. The minimum absolute atomic E-state index is 0.0815. The molecule has 0 aromatic heterocycles. The second-order valence-electron chi connectivity index (χ2n) is 6.22. The van der Waals surface area contributed by atoms with Crippen LogP contribution in [0.1, 0.15) is 20.7 Å². The quantitative estimate of drug-likeness (QED) is 0.498. The zero-order valence-electron chi connectivity index (χ0n) is 14.1. The fraction of sp³-hybridized carbons (Fsp3) is 0. The maximum atomic E-state index is 12.8. The molecule has 4 rings (SSSR count). The van der Waals surface area contributed by atoms with Gasteiger partial charge in [-0.2, -0.15) is 0 Å². The van der Waals surface area contributed by atoms with Crippen LogP contribution >= 0.6 is 0 Å². The maximum absolute atomic E-state index is 12.8. The zero-order chi connectivity index (χ0) is 19.0. The molecule has 3 N–H and O–H groups in total. The van der Waals surface area contributed by atoms with Crippen LogP contribution in [0, 0.1) is 0 Å². The molecule has 5 nitrogen and oxygen atoms in total. The maximum Gasteiger partial charge on any atom is 0.335 e. The van der Waals surface area contributed by atoms with Crippen molar-refractivity contribution in [1.29, 1.82) is 0 Å². The van der Waals surface area contributed by atoms with Crippen molar-refractivity contribution in [2.45, 2.75) is 0 Å². The Labute approximate surface area is 154 Å². The first-order chi connectivity index (χ1) is 13.0. The van der Waals surface area contributed by atoms with Gasteiger partial charge in [0.1, 0.15) is 5.75 Å². The molecule has 4 aromatic carbocycles. The normalized spacial score (nSPS) is 10.8. The highest BCUT2D eigenvalue weighted by atomic mass is 16.4. The van der Waals surface area contributed by atoms with E-state index in [4.69, 9.17) is 5.11 Å². The number of benzene rings is 4. The zero-order valence-corrected chi connectivity index (χ0v) is 14.1. The molecule has 4 aromatic rings. The lowest BCUT2D eigenvalue weighted by molar-refractivity contribution is 0.0697. The Morgan fingerprint density at radius 3 is 2.37 bits per heavy atom. The number of aromatic hydroxyl groups is 1. The third-order valence-electron chi connectivity index (χ3n) is 4.48. The van der Waals surface area contributed by atoms with E-state index in [-0.39, 0.29) is 16.9 Å². The van der Waals surface area contributed by atoms with Crippen LogP contribution in [0.15, 0.2) is 72.8 Å². The van der Waals surface area contributed by atoms with Gasteiger partial charge in [-0.25, -0.2) is 4.79 Å². The molecule has 0 aliphatic carbocycles. The largest absolute Gasteiger partial charge is 0.507 e. The Kier molecular flexibility index (Phi) is 3.97. The number of rotatable bonds is 3. The van der Waals surface area contributed by atoms with E-state index in [1.807, 2.05) is 36.4 Å². The van der Waals surface area contributed by atoms with Crippen molar-refractivity contribution in [2.24, 2.45) is 0 Å². The molecule has 5 heteroatoms. The highest BCUT2D eigenvalue weighted by molar-refractivity contribution is 6.12. The summed E-state index contributed by atoms with van der Waals surface area (Å²) in [4.78, 5) is 23.9. The summed E-state index contributed by atoms with van der Waals surface area (Å²) in [7, 11) is 0. The Hall–Kier alpha value is -3.86. The molecule has 0 heterocycles. The van der Waals surface area contributed by atoms with Gasteiger partial charge in [0, 0.05) is 11.1 Å². The van der Waals surface area contributed by atoms with Gasteiger partial charge in [0.2, 0.25) is 0 Å². The average molecular weight is 357 g/mol. The van der Waals surface area contributed by atoms with Gasteiger partial charge in [-0.05, 0) is 46.5 Å². The molecule has 1 amide bonds. The van der Waals surface area contributed by atoms with Gasteiger partial charge in [0.15, 0.2) is 0 Å². The molecular weight excluding hydrogens is 342 g/mol. The number of hydrogen-bond acceptors (Lipinski definition) is 3. The Bertz CT molecular complexity index is 1210. The Morgan fingerprint density at radius 1 is 0.778 bits per heavy atom. The number of anilines is 1. The van der Waals surface area contributed by atoms with Crippen LogP contribution in [0.5, 0.6) is 5.75 Å². The molecule has 0 aliphatic heterocycles. The van der Waals surface area contributed by atoms with Gasteiger partial charge < -0.3 is 15.5 Å². The summed E-state index contributed by atoms with van der Waals surface area (Å²) in [6.07, 6.45) is 0. The van der Waals surface area contributed by atoms with Crippen molar-refractivity contribution in [2.75, 3.05) is 5.32 Å². The Morgan fingerprint density at radius 2 is 1.56 bits per heavy atom. The summed E-state index contributed by atoms with van der Waals surface area (Å²) < 4.78 is 0. The van der Waals surface area contributed by atoms with Crippen molar-refractivity contribution in [3.05, 3.63) is 83.9 Å². The number of phenolic OH excluding ortho intramolecular Hbond substituents is 1. The first-order valence-electron chi connectivity index (χ1n) is 8.32. The van der Waals surface area contributed by atoms with E-state index in [2.05, 4.69) is 5.32 Å². The second kappa shape index (κ2) is 6.46. The summed E-state index contributed by atoms with van der Waals surface area (Å²) in [6.45, 7) is 0.